The molecular formula is C17H14N6O. The Labute approximate surface area is 137 Å². The zero-order valence-electron chi connectivity index (χ0n) is 12.9. The second-order valence-electron chi connectivity index (χ2n) is 5.27. The zero-order valence-corrected chi connectivity index (χ0v) is 12.9. The predicted octanol–water partition coefficient (Wildman–Crippen LogP) is 2.80. The summed E-state index contributed by atoms with van der Waals surface area (Å²) in [5, 5.41) is 0.847. The molecule has 0 aliphatic heterocycles. The van der Waals surface area contributed by atoms with Gasteiger partial charge in [-0.15, -0.1) is 0 Å². The highest BCUT2D eigenvalue weighted by Gasteiger charge is 2.13. The van der Waals surface area contributed by atoms with Crippen LogP contribution in [-0.2, 0) is 7.05 Å². The number of nitrogens with zero attached hydrogens (tertiary/aromatic N) is 5. The normalized spacial score (nSPS) is 10.9. The summed E-state index contributed by atoms with van der Waals surface area (Å²) in [5.74, 6) is 1.13. The van der Waals surface area contributed by atoms with E-state index in [0.29, 0.717) is 17.6 Å². The highest BCUT2D eigenvalue weighted by molar-refractivity contribution is 6.00. The number of ether oxygens (including phenoxy) is 1. The first-order valence-corrected chi connectivity index (χ1v) is 7.33. The molecule has 0 bridgehead atoms. The number of nitrogen functional groups attached to an aromatic ring is 1. The topological polar surface area (TPSA) is 91.7 Å². The maximum atomic E-state index is 6.03. The van der Waals surface area contributed by atoms with E-state index in [2.05, 4.69) is 19.9 Å². The molecule has 4 aromatic rings. The number of hydrogen-bond donors (Lipinski definition) is 1. The standard InChI is InChI=1S/C17H14N6O/c1-23-9-13(14-15(18)21-10-22-16(14)23)11-3-5-12(6-4-11)24-17-19-7-2-8-20-17/h2-10H,1H3,(H2,18,21,22). The van der Waals surface area contributed by atoms with E-state index >= 15 is 0 Å². The van der Waals surface area contributed by atoms with E-state index < -0.39 is 0 Å². The van der Waals surface area contributed by atoms with Crippen LogP contribution in [0, 0.1) is 0 Å². The molecule has 24 heavy (non-hydrogen) atoms. The molecule has 0 amide bonds. The maximum absolute atomic E-state index is 6.03. The SMILES string of the molecule is Cn1cc(-c2ccc(Oc3ncccn3)cc2)c2c(N)ncnc21. The van der Waals surface area contributed by atoms with Gasteiger partial charge in [-0.05, 0) is 23.8 Å². The summed E-state index contributed by atoms with van der Waals surface area (Å²) in [6, 6.07) is 9.70. The van der Waals surface area contributed by atoms with Crippen molar-refractivity contribution in [2.24, 2.45) is 7.05 Å². The molecule has 0 aliphatic rings. The highest BCUT2D eigenvalue weighted by Crippen LogP contribution is 2.33. The van der Waals surface area contributed by atoms with Gasteiger partial charge in [-0.3, -0.25) is 0 Å². The first-order chi connectivity index (χ1) is 11.7. The number of fused-ring (bicyclic) bond motifs is 1. The van der Waals surface area contributed by atoms with Crippen LogP contribution in [0.25, 0.3) is 22.2 Å². The monoisotopic (exact) mass is 318 g/mol. The molecule has 3 aromatic heterocycles. The van der Waals surface area contributed by atoms with Crippen LogP contribution in [0.15, 0.2) is 55.2 Å². The first-order valence-electron chi connectivity index (χ1n) is 7.33. The van der Waals surface area contributed by atoms with Crippen molar-refractivity contribution >= 4 is 16.9 Å². The third-order valence-corrected chi connectivity index (χ3v) is 3.70. The lowest BCUT2D eigenvalue weighted by atomic mass is 10.1. The van der Waals surface area contributed by atoms with Crippen molar-refractivity contribution in [3.8, 4) is 22.9 Å². The fourth-order valence-corrected chi connectivity index (χ4v) is 2.60. The van der Waals surface area contributed by atoms with Crippen LogP contribution in [0.4, 0.5) is 5.82 Å². The van der Waals surface area contributed by atoms with Gasteiger partial charge in [-0.2, -0.15) is 0 Å². The van der Waals surface area contributed by atoms with Gasteiger partial charge in [-0.25, -0.2) is 19.9 Å². The summed E-state index contributed by atoms with van der Waals surface area (Å²) < 4.78 is 7.54. The van der Waals surface area contributed by atoms with E-state index in [-0.39, 0.29) is 0 Å². The molecular weight excluding hydrogens is 304 g/mol. The van der Waals surface area contributed by atoms with E-state index in [1.54, 1.807) is 18.5 Å². The molecule has 0 saturated carbocycles. The lowest BCUT2D eigenvalue weighted by Crippen LogP contribution is -1.94. The molecule has 0 saturated heterocycles. The van der Waals surface area contributed by atoms with Crippen molar-refractivity contribution in [1.82, 2.24) is 24.5 Å². The van der Waals surface area contributed by atoms with Crippen molar-refractivity contribution in [1.29, 1.82) is 0 Å². The molecule has 4 rings (SSSR count). The van der Waals surface area contributed by atoms with Gasteiger partial charge < -0.3 is 15.0 Å². The number of rotatable bonds is 3. The number of anilines is 1. The van der Waals surface area contributed by atoms with Crippen LogP contribution in [0.1, 0.15) is 0 Å². The van der Waals surface area contributed by atoms with E-state index in [0.717, 1.165) is 22.2 Å². The summed E-state index contributed by atoms with van der Waals surface area (Å²) in [5.41, 5.74) is 8.82. The minimum absolute atomic E-state index is 0.313. The molecule has 2 N–H and O–H groups in total. The van der Waals surface area contributed by atoms with Gasteiger partial charge >= 0.3 is 6.01 Å². The Bertz CT molecular complexity index is 995. The lowest BCUT2D eigenvalue weighted by Gasteiger charge is -2.05. The van der Waals surface area contributed by atoms with E-state index in [9.17, 15) is 0 Å². The van der Waals surface area contributed by atoms with Gasteiger partial charge in [0.25, 0.3) is 0 Å². The van der Waals surface area contributed by atoms with Crippen molar-refractivity contribution < 1.29 is 4.74 Å². The average Bonchev–Trinajstić information content (AvgIpc) is 2.95. The Morgan fingerprint density at radius 2 is 1.75 bits per heavy atom. The molecule has 7 nitrogen and oxygen atoms in total. The molecule has 0 radical (unpaired) electrons. The maximum Gasteiger partial charge on any atom is 0.321 e. The third-order valence-electron chi connectivity index (χ3n) is 3.70. The number of benzene rings is 1. The number of hydrogen-bond acceptors (Lipinski definition) is 6. The van der Waals surface area contributed by atoms with Crippen molar-refractivity contribution in [3.63, 3.8) is 0 Å². The summed E-state index contributed by atoms with van der Waals surface area (Å²) in [7, 11) is 1.93. The van der Waals surface area contributed by atoms with Crippen molar-refractivity contribution in [2.75, 3.05) is 5.73 Å². The molecule has 0 unspecified atom stereocenters. The first kappa shape index (κ1) is 14.1. The van der Waals surface area contributed by atoms with Gasteiger partial charge in [0.1, 0.15) is 23.5 Å². The second-order valence-corrected chi connectivity index (χ2v) is 5.27. The Hall–Kier alpha value is -3.48. The molecule has 1 aromatic carbocycles. The van der Waals surface area contributed by atoms with Crippen LogP contribution in [0.3, 0.4) is 0 Å². The van der Waals surface area contributed by atoms with Gasteiger partial charge in [0.15, 0.2) is 0 Å². The van der Waals surface area contributed by atoms with Crippen LogP contribution in [-0.4, -0.2) is 24.5 Å². The van der Waals surface area contributed by atoms with Crippen molar-refractivity contribution in [3.05, 3.63) is 55.2 Å². The average molecular weight is 318 g/mol. The third kappa shape index (κ3) is 2.41. The van der Waals surface area contributed by atoms with Gasteiger partial charge in [0.2, 0.25) is 0 Å². The Kier molecular flexibility index (Phi) is 3.31. The summed E-state index contributed by atoms with van der Waals surface area (Å²) in [6.07, 6.45) is 6.73. The molecule has 0 atom stereocenters. The predicted molar refractivity (Wildman–Crippen MR) is 90.5 cm³/mol. The van der Waals surface area contributed by atoms with E-state index in [4.69, 9.17) is 10.5 Å². The van der Waals surface area contributed by atoms with Crippen molar-refractivity contribution in [2.45, 2.75) is 0 Å². The van der Waals surface area contributed by atoms with Gasteiger partial charge in [0.05, 0.1) is 5.39 Å². The number of aryl methyl sites for hydroxylation is 1. The largest absolute Gasteiger partial charge is 0.424 e. The molecule has 118 valence electrons. The lowest BCUT2D eigenvalue weighted by molar-refractivity contribution is 0.442. The van der Waals surface area contributed by atoms with Crippen LogP contribution in [0.2, 0.25) is 0 Å². The highest BCUT2D eigenvalue weighted by atomic mass is 16.5. The van der Waals surface area contributed by atoms with Gasteiger partial charge in [0, 0.05) is 31.2 Å². The fourth-order valence-electron chi connectivity index (χ4n) is 2.60. The fraction of sp³-hybridized carbons (Fsp3) is 0.0588. The minimum Gasteiger partial charge on any atom is -0.424 e. The molecule has 7 heteroatoms. The molecule has 0 aliphatic carbocycles. The minimum atomic E-state index is 0.313. The van der Waals surface area contributed by atoms with Crippen LogP contribution >= 0.6 is 0 Å². The summed E-state index contributed by atoms with van der Waals surface area (Å²) in [4.78, 5) is 16.5. The number of nitrogens with two attached hydrogens (primary N) is 1. The number of aromatic nitrogens is 5. The Balaban J connectivity index is 1.71. The quantitative estimate of drug-likeness (QED) is 0.624. The summed E-state index contributed by atoms with van der Waals surface area (Å²) >= 11 is 0. The summed E-state index contributed by atoms with van der Waals surface area (Å²) in [6.45, 7) is 0. The second kappa shape index (κ2) is 5.62. The Morgan fingerprint density at radius 1 is 1.00 bits per heavy atom. The van der Waals surface area contributed by atoms with E-state index in [1.165, 1.54) is 6.33 Å². The Morgan fingerprint density at radius 3 is 2.50 bits per heavy atom. The zero-order chi connectivity index (χ0) is 16.5. The van der Waals surface area contributed by atoms with E-state index in [1.807, 2.05) is 42.1 Å². The smallest absolute Gasteiger partial charge is 0.321 e. The van der Waals surface area contributed by atoms with Crippen LogP contribution < -0.4 is 10.5 Å². The molecule has 0 fully saturated rings. The van der Waals surface area contributed by atoms with Crippen LogP contribution in [0.5, 0.6) is 11.8 Å². The molecule has 3 heterocycles. The van der Waals surface area contributed by atoms with Gasteiger partial charge in [-0.1, -0.05) is 12.1 Å². The molecule has 0 spiro atoms.